The Morgan fingerprint density at radius 3 is 2.39 bits per heavy atom. The van der Waals surface area contributed by atoms with Crippen molar-refractivity contribution in [3.05, 3.63) is 29.8 Å². The number of nitrogens with zero attached hydrogens (tertiary/aromatic N) is 1. The molecule has 23 heavy (non-hydrogen) atoms. The van der Waals surface area contributed by atoms with Crippen LogP contribution >= 0.6 is 0 Å². The van der Waals surface area contributed by atoms with E-state index in [4.69, 9.17) is 5.11 Å². The van der Waals surface area contributed by atoms with Crippen molar-refractivity contribution in [3.63, 3.8) is 0 Å². The summed E-state index contributed by atoms with van der Waals surface area (Å²) in [4.78, 5) is 25.3. The Morgan fingerprint density at radius 2 is 1.83 bits per heavy atom. The van der Waals surface area contributed by atoms with Crippen LogP contribution in [0.15, 0.2) is 24.3 Å². The number of carboxylic acid groups (broad SMARTS) is 1. The predicted octanol–water partition coefficient (Wildman–Crippen LogP) is 2.72. The van der Waals surface area contributed by atoms with E-state index in [1.807, 2.05) is 29.2 Å². The van der Waals surface area contributed by atoms with Crippen LogP contribution in [0.3, 0.4) is 0 Å². The number of likely N-dealkylation sites (tertiary alicyclic amines) is 1. The Bertz CT molecular complexity index is 570. The van der Waals surface area contributed by atoms with Crippen molar-refractivity contribution in [1.29, 1.82) is 0 Å². The first-order chi connectivity index (χ1) is 10.8. The molecule has 1 fully saturated rings. The van der Waals surface area contributed by atoms with Gasteiger partial charge in [0.15, 0.2) is 0 Å². The van der Waals surface area contributed by atoms with E-state index in [9.17, 15) is 9.59 Å². The van der Waals surface area contributed by atoms with Gasteiger partial charge in [-0.1, -0.05) is 39.0 Å². The second-order valence-corrected chi connectivity index (χ2v) is 7.23. The number of carboxylic acids is 1. The molecule has 2 rings (SSSR count). The molecule has 0 bridgehead atoms. The Morgan fingerprint density at radius 1 is 1.22 bits per heavy atom. The van der Waals surface area contributed by atoms with Crippen LogP contribution in [0.1, 0.15) is 39.2 Å². The average Bonchev–Trinajstić information content (AvgIpc) is 2.47. The van der Waals surface area contributed by atoms with E-state index in [1.54, 1.807) is 0 Å². The summed E-state index contributed by atoms with van der Waals surface area (Å²) in [7, 11) is 0. The number of amides is 1. The van der Waals surface area contributed by atoms with Gasteiger partial charge in [-0.15, -0.1) is 0 Å². The van der Waals surface area contributed by atoms with Gasteiger partial charge < -0.3 is 10.4 Å². The lowest BCUT2D eigenvalue weighted by Gasteiger charge is -2.29. The Balaban J connectivity index is 1.93. The number of anilines is 1. The Kier molecular flexibility index (Phi) is 5.42. The number of rotatable bonds is 4. The highest BCUT2D eigenvalue weighted by atomic mass is 16.4. The first-order valence-electron chi connectivity index (χ1n) is 8.12. The van der Waals surface area contributed by atoms with Gasteiger partial charge in [0.1, 0.15) is 0 Å². The molecule has 0 aliphatic carbocycles. The van der Waals surface area contributed by atoms with Crippen LogP contribution < -0.4 is 5.32 Å². The number of nitrogens with one attached hydrogen (secondary N) is 1. The fraction of sp³-hybridized carbons (Fsp3) is 0.556. The van der Waals surface area contributed by atoms with E-state index in [0.29, 0.717) is 32.5 Å². The van der Waals surface area contributed by atoms with Crippen LogP contribution in [-0.4, -0.2) is 41.5 Å². The van der Waals surface area contributed by atoms with E-state index in [2.05, 4.69) is 26.1 Å². The second-order valence-electron chi connectivity index (χ2n) is 7.23. The molecule has 1 amide bonds. The van der Waals surface area contributed by atoms with Gasteiger partial charge in [-0.25, -0.2) is 0 Å². The molecule has 0 unspecified atom stereocenters. The molecule has 1 aliphatic rings. The Labute approximate surface area is 137 Å². The molecule has 5 heteroatoms. The van der Waals surface area contributed by atoms with Crippen LogP contribution in [0.2, 0.25) is 0 Å². The number of hydrogen-bond acceptors (Lipinski definition) is 3. The number of carbonyl (C=O) groups excluding carboxylic acids is 1. The van der Waals surface area contributed by atoms with E-state index >= 15 is 0 Å². The molecule has 1 heterocycles. The van der Waals surface area contributed by atoms with Crippen molar-refractivity contribution in [3.8, 4) is 0 Å². The van der Waals surface area contributed by atoms with Gasteiger partial charge in [-0.2, -0.15) is 0 Å². The van der Waals surface area contributed by atoms with Crippen molar-refractivity contribution in [2.45, 2.75) is 39.0 Å². The molecule has 2 N–H and O–H groups in total. The predicted molar refractivity (Wildman–Crippen MR) is 90.6 cm³/mol. The minimum absolute atomic E-state index is 0.0380. The number of aliphatic carboxylic acids is 1. The summed E-state index contributed by atoms with van der Waals surface area (Å²) in [6.45, 7) is 7.99. The highest BCUT2D eigenvalue weighted by molar-refractivity contribution is 5.93. The van der Waals surface area contributed by atoms with Gasteiger partial charge in [-0.05, 0) is 43.0 Å². The minimum atomic E-state index is -0.729. The number of hydrogen-bond donors (Lipinski definition) is 2. The third kappa shape index (κ3) is 4.79. The summed E-state index contributed by atoms with van der Waals surface area (Å²) in [6.07, 6.45) is 1.22. The molecule has 0 radical (unpaired) electrons. The first-order valence-corrected chi connectivity index (χ1v) is 8.12. The molecule has 0 atom stereocenters. The lowest BCUT2D eigenvalue weighted by molar-refractivity contribution is -0.143. The quantitative estimate of drug-likeness (QED) is 0.895. The van der Waals surface area contributed by atoms with E-state index in [-0.39, 0.29) is 17.2 Å². The summed E-state index contributed by atoms with van der Waals surface area (Å²) < 4.78 is 0. The third-order valence-corrected chi connectivity index (χ3v) is 4.31. The second kappa shape index (κ2) is 7.13. The van der Waals surface area contributed by atoms with Gasteiger partial charge in [0.2, 0.25) is 5.91 Å². The number of carbonyl (C=O) groups is 2. The zero-order chi connectivity index (χ0) is 17.0. The zero-order valence-electron chi connectivity index (χ0n) is 14.1. The molecular formula is C18H26N2O3. The van der Waals surface area contributed by atoms with Gasteiger partial charge in [0, 0.05) is 5.69 Å². The van der Waals surface area contributed by atoms with Gasteiger partial charge in [0.25, 0.3) is 0 Å². The molecule has 126 valence electrons. The SMILES string of the molecule is CC(C)(C)c1ccccc1NC(=O)CN1CCC(C(=O)O)CC1. The molecule has 1 aromatic carbocycles. The lowest BCUT2D eigenvalue weighted by Crippen LogP contribution is -2.40. The van der Waals surface area contributed by atoms with Crippen LogP contribution in [0.4, 0.5) is 5.69 Å². The summed E-state index contributed by atoms with van der Waals surface area (Å²) in [6, 6.07) is 7.86. The fourth-order valence-electron chi connectivity index (χ4n) is 2.98. The van der Waals surface area contributed by atoms with E-state index < -0.39 is 5.97 Å². The van der Waals surface area contributed by atoms with Crippen molar-refractivity contribution >= 4 is 17.6 Å². The van der Waals surface area contributed by atoms with E-state index in [1.165, 1.54) is 0 Å². The monoisotopic (exact) mass is 318 g/mol. The number of benzene rings is 1. The molecule has 0 spiro atoms. The molecule has 5 nitrogen and oxygen atoms in total. The highest BCUT2D eigenvalue weighted by Crippen LogP contribution is 2.29. The van der Waals surface area contributed by atoms with Crippen molar-refractivity contribution < 1.29 is 14.7 Å². The summed E-state index contributed by atoms with van der Waals surface area (Å²) >= 11 is 0. The first kappa shape index (κ1) is 17.5. The van der Waals surface area contributed by atoms with Crippen molar-refractivity contribution in [1.82, 2.24) is 4.90 Å². The topological polar surface area (TPSA) is 69.6 Å². The molecule has 0 saturated carbocycles. The third-order valence-electron chi connectivity index (χ3n) is 4.31. The van der Waals surface area contributed by atoms with Crippen LogP contribution in [0, 0.1) is 5.92 Å². The molecule has 1 aromatic rings. The maximum atomic E-state index is 12.3. The number of piperidine rings is 1. The maximum Gasteiger partial charge on any atom is 0.306 e. The van der Waals surface area contributed by atoms with Gasteiger partial charge in [0.05, 0.1) is 12.5 Å². The molecule has 0 aromatic heterocycles. The largest absolute Gasteiger partial charge is 0.481 e. The van der Waals surface area contributed by atoms with Crippen molar-refractivity contribution in [2.75, 3.05) is 25.0 Å². The average molecular weight is 318 g/mol. The molecule has 1 aliphatic heterocycles. The lowest BCUT2D eigenvalue weighted by atomic mass is 9.86. The van der Waals surface area contributed by atoms with Crippen molar-refractivity contribution in [2.24, 2.45) is 5.92 Å². The summed E-state index contributed by atoms with van der Waals surface area (Å²) in [5.74, 6) is -1.04. The van der Waals surface area contributed by atoms with Gasteiger partial charge in [-0.3, -0.25) is 14.5 Å². The summed E-state index contributed by atoms with van der Waals surface area (Å²) in [5.41, 5.74) is 1.92. The zero-order valence-corrected chi connectivity index (χ0v) is 14.1. The minimum Gasteiger partial charge on any atom is -0.481 e. The van der Waals surface area contributed by atoms with E-state index in [0.717, 1.165) is 11.3 Å². The molecule has 1 saturated heterocycles. The van der Waals surface area contributed by atoms with Crippen LogP contribution in [0.25, 0.3) is 0 Å². The van der Waals surface area contributed by atoms with Gasteiger partial charge >= 0.3 is 5.97 Å². The van der Waals surface area contributed by atoms with Crippen LogP contribution in [0.5, 0.6) is 0 Å². The fourth-order valence-corrected chi connectivity index (χ4v) is 2.98. The maximum absolute atomic E-state index is 12.3. The normalized spacial score (nSPS) is 17.0. The smallest absolute Gasteiger partial charge is 0.306 e. The highest BCUT2D eigenvalue weighted by Gasteiger charge is 2.26. The number of para-hydroxylation sites is 1. The van der Waals surface area contributed by atoms with Crippen LogP contribution in [-0.2, 0) is 15.0 Å². The molecular weight excluding hydrogens is 292 g/mol. The summed E-state index contributed by atoms with van der Waals surface area (Å²) in [5, 5.41) is 12.0. The standard InChI is InChI=1S/C18H26N2O3/c1-18(2,3)14-6-4-5-7-15(14)19-16(21)12-20-10-8-13(9-11-20)17(22)23/h4-7,13H,8-12H2,1-3H3,(H,19,21)(H,22,23). The Hall–Kier alpha value is -1.88.